The second-order valence-electron chi connectivity index (χ2n) is 2.79. The molecule has 0 aliphatic rings. The minimum atomic E-state index is -1.09. The van der Waals surface area contributed by atoms with E-state index >= 15 is 0 Å². The summed E-state index contributed by atoms with van der Waals surface area (Å²) < 4.78 is 9.68. The molecule has 0 amide bonds. The van der Waals surface area contributed by atoms with Crippen molar-refractivity contribution in [1.82, 2.24) is 0 Å². The van der Waals surface area contributed by atoms with E-state index in [2.05, 4.69) is 0 Å². The normalized spacial score (nSPS) is 10.9. The van der Waals surface area contributed by atoms with Crippen LogP contribution >= 0.6 is 0 Å². The van der Waals surface area contributed by atoms with Crippen LogP contribution in [0, 0.1) is 0 Å². The first kappa shape index (κ1) is 11.1. The number of methoxy groups -OCH3 is 2. The Bertz CT molecular complexity index is 365. The fraction of sp³-hybridized carbons (Fsp3) is 0.182. The van der Waals surface area contributed by atoms with Crippen molar-refractivity contribution in [2.75, 3.05) is 14.2 Å². The summed E-state index contributed by atoms with van der Waals surface area (Å²) in [5.41, 5.74) is 0.745. The molecule has 4 heteroatoms. The number of aliphatic carboxylic acids is 1. The molecular weight excluding hydrogens is 196 g/mol. The van der Waals surface area contributed by atoms with Gasteiger partial charge in [0.05, 0.1) is 14.2 Å². The number of carboxylic acid groups (broad SMARTS) is 1. The predicted octanol–water partition coefficient (Wildman–Crippen LogP) is 1.77. The number of hydrogen-bond donors (Lipinski definition) is 1. The molecule has 0 spiro atoms. The van der Waals surface area contributed by atoms with E-state index in [-0.39, 0.29) is 5.76 Å². The smallest absolute Gasteiger partial charge is 0.371 e. The lowest BCUT2D eigenvalue weighted by Crippen LogP contribution is -2.01. The molecule has 0 aromatic heterocycles. The standard InChI is InChI=1S/C11H12O4/c1-14-9-5-3-8(4-6-9)7-10(15-2)11(12)13/h3-7H,1-2H3,(H,12,13)/b10-7-. The summed E-state index contributed by atoms with van der Waals surface area (Å²) in [5.74, 6) is -0.463. The third kappa shape index (κ3) is 3.02. The van der Waals surface area contributed by atoms with Gasteiger partial charge in [-0.15, -0.1) is 0 Å². The molecule has 4 nitrogen and oxygen atoms in total. The summed E-state index contributed by atoms with van der Waals surface area (Å²) in [4.78, 5) is 10.6. The third-order valence-electron chi connectivity index (χ3n) is 1.84. The highest BCUT2D eigenvalue weighted by Crippen LogP contribution is 2.14. The highest BCUT2D eigenvalue weighted by molar-refractivity contribution is 5.89. The van der Waals surface area contributed by atoms with Gasteiger partial charge in [-0.3, -0.25) is 0 Å². The van der Waals surface area contributed by atoms with Crippen molar-refractivity contribution in [3.05, 3.63) is 35.6 Å². The maximum absolute atomic E-state index is 10.6. The van der Waals surface area contributed by atoms with Crippen molar-refractivity contribution in [2.45, 2.75) is 0 Å². The third-order valence-corrected chi connectivity index (χ3v) is 1.84. The molecule has 0 radical (unpaired) electrons. The van der Waals surface area contributed by atoms with E-state index in [1.165, 1.54) is 13.2 Å². The summed E-state index contributed by atoms with van der Waals surface area (Å²) in [6.45, 7) is 0. The Balaban J connectivity index is 2.92. The van der Waals surface area contributed by atoms with E-state index in [1.807, 2.05) is 0 Å². The van der Waals surface area contributed by atoms with Gasteiger partial charge >= 0.3 is 5.97 Å². The average Bonchev–Trinajstić information content (AvgIpc) is 2.26. The average molecular weight is 208 g/mol. The van der Waals surface area contributed by atoms with Gasteiger partial charge in [-0.25, -0.2) is 4.79 Å². The molecule has 0 heterocycles. The van der Waals surface area contributed by atoms with Crippen molar-refractivity contribution >= 4 is 12.0 Å². The molecule has 15 heavy (non-hydrogen) atoms. The molecule has 1 N–H and O–H groups in total. The van der Waals surface area contributed by atoms with Crippen LogP contribution in [0.1, 0.15) is 5.56 Å². The predicted molar refractivity (Wildman–Crippen MR) is 55.6 cm³/mol. The maximum atomic E-state index is 10.6. The van der Waals surface area contributed by atoms with Crippen LogP contribution in [0.2, 0.25) is 0 Å². The second-order valence-corrected chi connectivity index (χ2v) is 2.79. The van der Waals surface area contributed by atoms with E-state index in [0.717, 1.165) is 11.3 Å². The van der Waals surface area contributed by atoms with Crippen molar-refractivity contribution in [3.8, 4) is 5.75 Å². The van der Waals surface area contributed by atoms with Gasteiger partial charge in [0.2, 0.25) is 5.76 Å². The topological polar surface area (TPSA) is 55.8 Å². The molecule has 0 saturated heterocycles. The molecule has 0 unspecified atom stereocenters. The zero-order valence-electron chi connectivity index (χ0n) is 8.56. The van der Waals surface area contributed by atoms with Crippen molar-refractivity contribution < 1.29 is 19.4 Å². The summed E-state index contributed by atoms with van der Waals surface area (Å²) >= 11 is 0. The van der Waals surface area contributed by atoms with Gasteiger partial charge in [-0.05, 0) is 23.8 Å². The first-order valence-electron chi connectivity index (χ1n) is 4.30. The lowest BCUT2D eigenvalue weighted by Gasteiger charge is -2.01. The van der Waals surface area contributed by atoms with Gasteiger partial charge in [0.25, 0.3) is 0 Å². The highest BCUT2D eigenvalue weighted by atomic mass is 16.5. The van der Waals surface area contributed by atoms with Gasteiger partial charge in [0.15, 0.2) is 0 Å². The first-order chi connectivity index (χ1) is 7.17. The van der Waals surface area contributed by atoms with E-state index in [1.54, 1.807) is 31.4 Å². The monoisotopic (exact) mass is 208 g/mol. The summed E-state index contributed by atoms with van der Waals surface area (Å²) in [6, 6.07) is 7.00. The molecule has 1 aromatic rings. The number of ether oxygens (including phenoxy) is 2. The molecule has 0 saturated carbocycles. The quantitative estimate of drug-likeness (QED) is 0.605. The summed E-state index contributed by atoms with van der Waals surface area (Å²) in [5, 5.41) is 8.72. The van der Waals surface area contributed by atoms with Crippen LogP contribution in [0.3, 0.4) is 0 Å². The van der Waals surface area contributed by atoms with Gasteiger partial charge in [0.1, 0.15) is 5.75 Å². The van der Waals surface area contributed by atoms with E-state index < -0.39 is 5.97 Å². The van der Waals surface area contributed by atoms with Crippen LogP contribution < -0.4 is 4.74 Å². The molecule has 0 aliphatic heterocycles. The highest BCUT2D eigenvalue weighted by Gasteiger charge is 2.06. The lowest BCUT2D eigenvalue weighted by molar-refractivity contribution is -0.135. The summed E-state index contributed by atoms with van der Waals surface area (Å²) in [6.07, 6.45) is 1.45. The molecule has 0 fully saturated rings. The van der Waals surface area contributed by atoms with Gasteiger partial charge in [0, 0.05) is 0 Å². The van der Waals surface area contributed by atoms with Crippen LogP contribution in [0.25, 0.3) is 6.08 Å². The zero-order chi connectivity index (χ0) is 11.3. The Kier molecular flexibility index (Phi) is 3.74. The first-order valence-corrected chi connectivity index (χ1v) is 4.30. The zero-order valence-corrected chi connectivity index (χ0v) is 8.56. The number of hydrogen-bond acceptors (Lipinski definition) is 3. The number of benzene rings is 1. The largest absolute Gasteiger partial charge is 0.497 e. The molecule has 80 valence electrons. The van der Waals surface area contributed by atoms with Crippen molar-refractivity contribution in [2.24, 2.45) is 0 Å². The Morgan fingerprint density at radius 1 is 1.27 bits per heavy atom. The van der Waals surface area contributed by atoms with Gasteiger partial charge in [-0.2, -0.15) is 0 Å². The molecule has 0 atom stereocenters. The lowest BCUT2D eigenvalue weighted by atomic mass is 10.2. The van der Waals surface area contributed by atoms with Crippen LogP contribution in [-0.4, -0.2) is 25.3 Å². The molecule has 1 aromatic carbocycles. The van der Waals surface area contributed by atoms with E-state index in [4.69, 9.17) is 14.6 Å². The van der Waals surface area contributed by atoms with Gasteiger partial charge < -0.3 is 14.6 Å². The van der Waals surface area contributed by atoms with Gasteiger partial charge in [-0.1, -0.05) is 12.1 Å². The number of carboxylic acids is 1. The van der Waals surface area contributed by atoms with Crippen LogP contribution in [0.15, 0.2) is 30.0 Å². The number of carbonyl (C=O) groups is 1. The maximum Gasteiger partial charge on any atom is 0.371 e. The summed E-state index contributed by atoms with van der Waals surface area (Å²) in [7, 11) is 2.89. The Labute approximate surface area is 87.7 Å². The Morgan fingerprint density at radius 2 is 1.87 bits per heavy atom. The second kappa shape index (κ2) is 5.05. The molecule has 1 rings (SSSR count). The van der Waals surface area contributed by atoms with E-state index in [9.17, 15) is 4.79 Å². The SMILES string of the molecule is CO/C(=C\c1ccc(OC)cc1)C(=O)O. The fourth-order valence-electron chi connectivity index (χ4n) is 1.06. The molecule has 0 bridgehead atoms. The molecule has 0 aliphatic carbocycles. The fourth-order valence-corrected chi connectivity index (χ4v) is 1.06. The van der Waals surface area contributed by atoms with E-state index in [0.29, 0.717) is 0 Å². The van der Waals surface area contributed by atoms with Crippen LogP contribution in [0.4, 0.5) is 0 Å². The van der Waals surface area contributed by atoms with Crippen LogP contribution in [0.5, 0.6) is 5.75 Å². The minimum Gasteiger partial charge on any atom is -0.497 e. The van der Waals surface area contributed by atoms with Crippen molar-refractivity contribution in [3.63, 3.8) is 0 Å². The Hall–Kier alpha value is -1.97. The minimum absolute atomic E-state index is 0.0971. The molecular formula is C11H12O4. The Morgan fingerprint density at radius 3 is 2.27 bits per heavy atom. The van der Waals surface area contributed by atoms with Crippen LogP contribution in [-0.2, 0) is 9.53 Å². The number of rotatable bonds is 4. The van der Waals surface area contributed by atoms with Crippen molar-refractivity contribution in [1.29, 1.82) is 0 Å².